The predicted octanol–water partition coefficient (Wildman–Crippen LogP) is 7.83. The lowest BCUT2D eigenvalue weighted by Crippen LogP contribution is -2.33. The molecule has 48 heavy (non-hydrogen) atoms. The van der Waals surface area contributed by atoms with E-state index in [1.807, 2.05) is 0 Å². The van der Waals surface area contributed by atoms with E-state index in [0.717, 1.165) is 34.9 Å². The summed E-state index contributed by atoms with van der Waals surface area (Å²) in [6.45, 7) is 12.2. The molecule has 1 aliphatic carbocycles. The summed E-state index contributed by atoms with van der Waals surface area (Å²) in [4.78, 5) is 9.97. The third kappa shape index (κ3) is 8.90. The zero-order valence-corrected chi connectivity index (χ0v) is 31.2. The molecule has 0 aromatic heterocycles. The average Bonchev–Trinajstić information content (AvgIpc) is 3.45. The zero-order valence-electron chi connectivity index (χ0n) is 26.4. The predicted molar refractivity (Wildman–Crippen MR) is 185 cm³/mol. The zero-order chi connectivity index (χ0) is 36.1. The van der Waals surface area contributed by atoms with Crippen LogP contribution in [-0.2, 0) is 39.8 Å². The third-order valence-electron chi connectivity index (χ3n) is 7.39. The molecule has 1 saturated carbocycles. The Hall–Kier alpha value is -2.69. The molecular weight excluding hydrogens is 808 g/mol. The maximum absolute atomic E-state index is 14.3. The molecular formula is C32H35Br2F4N2O6S2+. The molecule has 8 nitrogen and oxygen atoms in total. The highest BCUT2D eigenvalue weighted by Gasteiger charge is 2.67. The number of hydrogen-bond acceptors (Lipinski definition) is 8. The molecule has 2 heterocycles. The highest BCUT2D eigenvalue weighted by Crippen LogP contribution is 2.61. The van der Waals surface area contributed by atoms with E-state index in [-0.39, 0.29) is 29.3 Å². The smallest absolute Gasteiger partial charge is 0.270 e. The van der Waals surface area contributed by atoms with Gasteiger partial charge in [0.25, 0.3) is 5.60 Å². The van der Waals surface area contributed by atoms with Gasteiger partial charge in [0.15, 0.2) is 19.9 Å². The summed E-state index contributed by atoms with van der Waals surface area (Å²) < 4.78 is 104. The second kappa shape index (κ2) is 15.5. The minimum atomic E-state index is -4.08. The van der Waals surface area contributed by atoms with Crippen molar-refractivity contribution in [3.05, 3.63) is 103 Å². The Morgan fingerprint density at radius 1 is 0.875 bits per heavy atom. The summed E-state index contributed by atoms with van der Waals surface area (Å²) in [5.74, 6) is -4.91. The number of halogens is 6. The number of nitrogens with zero attached hydrogens (tertiary/aromatic N) is 2. The molecule has 3 atom stereocenters. The molecule has 1 fully saturated rings. The van der Waals surface area contributed by atoms with Gasteiger partial charge in [-0.2, -0.15) is 0 Å². The van der Waals surface area contributed by atoms with Crippen LogP contribution in [0.4, 0.5) is 17.6 Å². The minimum Gasteiger partial charge on any atom is -0.389 e. The van der Waals surface area contributed by atoms with E-state index in [1.54, 1.807) is 20.8 Å². The summed E-state index contributed by atoms with van der Waals surface area (Å²) in [5.41, 5.74) is -2.65. The second-order valence-electron chi connectivity index (χ2n) is 12.0. The molecule has 262 valence electrons. The van der Waals surface area contributed by atoms with E-state index in [1.165, 1.54) is 18.2 Å². The number of allylic oxidation sites excluding steroid dienone is 3. The summed E-state index contributed by atoms with van der Waals surface area (Å²) in [5, 5.41) is 8.61. The number of alkyl halides is 2. The van der Waals surface area contributed by atoms with Gasteiger partial charge in [-0.3, -0.25) is 0 Å². The largest absolute Gasteiger partial charge is 0.389 e. The Kier molecular flexibility index (Phi) is 12.8. The lowest BCUT2D eigenvalue weighted by Gasteiger charge is -2.20. The second-order valence-corrected chi connectivity index (χ2v) is 17.5. The van der Waals surface area contributed by atoms with Crippen molar-refractivity contribution >= 4 is 61.6 Å². The average molecular weight is 844 g/mol. The molecule has 5 rings (SSSR count). The van der Waals surface area contributed by atoms with Gasteiger partial charge in [-0.15, -0.1) is 6.58 Å². The first-order chi connectivity index (χ1) is 22.3. The monoisotopic (exact) mass is 841 g/mol. The standard InChI is InChI=1S/C16H17F2NO3S.C12H12F2NO3S.C4H6Br2/c1-4-10-8-16(10,14-11(17)6-5-7-12(14)18)23(20,21)13-9-15(2,3)22-19-13;1-12(2)6-11(15-18-12)19(16,17)7-8-9(13)4-3-5-10(8)14;5-3-1-2-4-6/h4-7,10H,1,8-9H2,2-3H3;3-5H,1,6-7H2,2H3;1-2H,3-4H2/q;+1;/b;;2-1+. The van der Waals surface area contributed by atoms with Crippen molar-refractivity contribution in [2.75, 3.05) is 10.7 Å². The van der Waals surface area contributed by atoms with Gasteiger partial charge in [-0.05, 0) is 44.5 Å². The highest BCUT2D eigenvalue weighted by atomic mass is 79.9. The van der Waals surface area contributed by atoms with Crippen LogP contribution in [0.15, 0.2) is 71.5 Å². The quantitative estimate of drug-likeness (QED) is 0.122. The van der Waals surface area contributed by atoms with Crippen LogP contribution in [0.25, 0.3) is 0 Å². The molecule has 0 bridgehead atoms. The number of rotatable bonds is 7. The molecule has 3 aliphatic rings. The van der Waals surface area contributed by atoms with Crippen molar-refractivity contribution in [2.24, 2.45) is 16.2 Å². The fourth-order valence-corrected chi connectivity index (χ4v) is 9.39. The Morgan fingerprint density at radius 3 is 1.77 bits per heavy atom. The maximum atomic E-state index is 14.3. The van der Waals surface area contributed by atoms with Crippen LogP contribution in [0.1, 0.15) is 51.2 Å². The van der Waals surface area contributed by atoms with E-state index in [0.29, 0.717) is 0 Å². The topological polar surface area (TPSA) is 111 Å². The van der Waals surface area contributed by atoms with Crippen LogP contribution in [-0.4, -0.2) is 48.8 Å². The Labute approximate surface area is 295 Å². The van der Waals surface area contributed by atoms with Crippen LogP contribution in [0.2, 0.25) is 0 Å². The summed E-state index contributed by atoms with van der Waals surface area (Å²) in [7, 11) is -8.01. The van der Waals surface area contributed by atoms with E-state index in [2.05, 4.69) is 67.8 Å². The Balaban J connectivity index is 0.000000226. The van der Waals surface area contributed by atoms with Gasteiger partial charge in [0.05, 0.1) is 12.2 Å². The third-order valence-corrected chi connectivity index (χ3v) is 12.2. The number of hydrogen-bond donors (Lipinski definition) is 0. The van der Waals surface area contributed by atoms with Gasteiger partial charge in [0, 0.05) is 41.0 Å². The molecule has 0 amide bonds. The minimum absolute atomic E-state index is 0.0224. The lowest BCUT2D eigenvalue weighted by atomic mass is 10.1. The Bertz CT molecular complexity index is 1790. The van der Waals surface area contributed by atoms with Crippen molar-refractivity contribution in [2.45, 2.75) is 61.7 Å². The molecule has 2 aromatic carbocycles. The first-order valence-electron chi connectivity index (χ1n) is 14.4. The van der Waals surface area contributed by atoms with Crippen molar-refractivity contribution in [3.63, 3.8) is 0 Å². The van der Waals surface area contributed by atoms with Crippen LogP contribution in [0.3, 0.4) is 0 Å². The summed E-state index contributed by atoms with van der Waals surface area (Å²) >= 11 is 6.49. The fraction of sp³-hybridized carbons (Fsp3) is 0.406. The first kappa shape index (κ1) is 39.7. The number of benzene rings is 2. The summed E-state index contributed by atoms with van der Waals surface area (Å²) in [6.07, 6.45) is 5.65. The van der Waals surface area contributed by atoms with Crippen molar-refractivity contribution in [1.29, 1.82) is 0 Å². The van der Waals surface area contributed by atoms with Crippen LogP contribution >= 0.6 is 31.9 Å². The van der Waals surface area contributed by atoms with Crippen LogP contribution in [0.5, 0.6) is 0 Å². The van der Waals surface area contributed by atoms with E-state index in [4.69, 9.17) is 9.68 Å². The normalized spacial score (nSPS) is 24.2. The van der Waals surface area contributed by atoms with Crippen LogP contribution < -0.4 is 0 Å². The molecule has 2 aromatic rings. The van der Waals surface area contributed by atoms with Gasteiger partial charge < -0.3 is 9.68 Å². The molecule has 0 N–H and O–H groups in total. The van der Waals surface area contributed by atoms with Crippen molar-refractivity contribution in [3.8, 4) is 0 Å². The van der Waals surface area contributed by atoms with Gasteiger partial charge in [0.2, 0.25) is 9.84 Å². The van der Waals surface area contributed by atoms with Gasteiger partial charge in [-0.25, -0.2) is 34.4 Å². The fourth-order valence-electron chi connectivity index (χ4n) is 4.91. The van der Waals surface area contributed by atoms with Gasteiger partial charge in [0.1, 0.15) is 40.5 Å². The number of sulfone groups is 2. The van der Waals surface area contributed by atoms with E-state index in [9.17, 15) is 34.4 Å². The van der Waals surface area contributed by atoms with Crippen molar-refractivity contribution < 1.29 is 44.1 Å². The molecule has 16 heteroatoms. The van der Waals surface area contributed by atoms with Crippen molar-refractivity contribution in [1.82, 2.24) is 0 Å². The molecule has 2 aliphatic heterocycles. The molecule has 0 radical (unpaired) electrons. The summed E-state index contributed by atoms with van der Waals surface area (Å²) in [6, 6.07) is 6.51. The van der Waals surface area contributed by atoms with Gasteiger partial charge in [-0.1, -0.05) is 72.5 Å². The first-order valence-corrected chi connectivity index (χ1v) is 19.8. The van der Waals surface area contributed by atoms with Gasteiger partial charge >= 0.3 is 0 Å². The SMILES string of the molecule is BrC/C=C/CBr.C=CC1CC1(c1c(F)cccc1F)S(=O)(=O)C1=NOC(C)(C)C1.[CH2+]C1(C)CC(S(=O)(=O)Cc2c(F)cccc2F)=NO1. The van der Waals surface area contributed by atoms with E-state index >= 15 is 0 Å². The van der Waals surface area contributed by atoms with Crippen LogP contribution in [0, 0.1) is 36.1 Å². The number of oxime groups is 2. The van der Waals surface area contributed by atoms with E-state index < -0.39 is 81.7 Å². The molecule has 0 spiro atoms. The Morgan fingerprint density at radius 2 is 1.38 bits per heavy atom. The molecule has 0 saturated heterocycles. The maximum Gasteiger partial charge on any atom is 0.270 e. The lowest BCUT2D eigenvalue weighted by molar-refractivity contribution is 0.0123. The molecule has 3 unspecified atom stereocenters. The highest BCUT2D eigenvalue weighted by molar-refractivity contribution is 9.09.